The average molecular weight is 359 g/mol. The Hall–Kier alpha value is -1.82. The molecule has 0 N–H and O–H groups in total. The van der Waals surface area contributed by atoms with E-state index >= 15 is 0 Å². The molecule has 0 amide bonds. The highest BCUT2D eigenvalue weighted by molar-refractivity contribution is 5.77. The molecule has 0 atom stereocenters. The topological polar surface area (TPSA) is 0 Å². The maximum absolute atomic E-state index is 2.52. The second kappa shape index (κ2) is 6.97. The van der Waals surface area contributed by atoms with Gasteiger partial charge in [0.15, 0.2) is 0 Å². The minimum atomic E-state index is 0.210. The largest absolute Gasteiger partial charge is 0.0646 e. The van der Waals surface area contributed by atoms with Crippen LogP contribution in [0, 0.1) is 5.41 Å². The molecule has 0 heterocycles. The SMILES string of the molecule is CC1(CC2=Cc3cccc(-c4ccc(C(C)(C)C)cc4)c3C2)CCCCC1. The van der Waals surface area contributed by atoms with Crippen molar-refractivity contribution < 1.29 is 0 Å². The Morgan fingerprint density at radius 2 is 1.59 bits per heavy atom. The number of rotatable bonds is 3. The molecule has 0 saturated heterocycles. The zero-order valence-electron chi connectivity index (χ0n) is 17.6. The van der Waals surface area contributed by atoms with Crippen molar-refractivity contribution >= 4 is 6.08 Å². The van der Waals surface area contributed by atoms with Crippen LogP contribution in [-0.2, 0) is 11.8 Å². The van der Waals surface area contributed by atoms with Crippen LogP contribution in [0.5, 0.6) is 0 Å². The molecule has 0 bridgehead atoms. The summed E-state index contributed by atoms with van der Waals surface area (Å²) in [7, 11) is 0. The summed E-state index contributed by atoms with van der Waals surface area (Å²) in [5.41, 5.74) is 9.56. The van der Waals surface area contributed by atoms with Crippen LogP contribution in [0.2, 0.25) is 0 Å². The summed E-state index contributed by atoms with van der Waals surface area (Å²) in [6, 6.07) is 16.1. The third-order valence-corrected chi connectivity index (χ3v) is 6.75. The lowest BCUT2D eigenvalue weighted by Gasteiger charge is -2.34. The monoisotopic (exact) mass is 358 g/mol. The van der Waals surface area contributed by atoms with E-state index in [0.717, 1.165) is 6.42 Å². The first-order valence-corrected chi connectivity index (χ1v) is 10.8. The van der Waals surface area contributed by atoms with E-state index in [1.807, 2.05) is 0 Å². The molecule has 0 unspecified atom stereocenters. The third-order valence-electron chi connectivity index (χ3n) is 6.75. The Morgan fingerprint density at radius 3 is 2.26 bits per heavy atom. The first-order chi connectivity index (χ1) is 12.8. The fraction of sp³-hybridized carbons (Fsp3) is 0.481. The van der Waals surface area contributed by atoms with E-state index < -0.39 is 0 Å². The van der Waals surface area contributed by atoms with Crippen molar-refractivity contribution in [2.24, 2.45) is 5.41 Å². The first kappa shape index (κ1) is 18.5. The normalized spacial score (nSPS) is 18.9. The van der Waals surface area contributed by atoms with Gasteiger partial charge in [-0.3, -0.25) is 0 Å². The smallest absolute Gasteiger partial charge is 0.00515 e. The lowest BCUT2D eigenvalue weighted by Crippen LogP contribution is -2.20. The highest BCUT2D eigenvalue weighted by Crippen LogP contribution is 2.44. The molecule has 1 fully saturated rings. The molecule has 1 saturated carbocycles. The van der Waals surface area contributed by atoms with Crippen molar-refractivity contribution in [2.45, 2.75) is 78.1 Å². The highest BCUT2D eigenvalue weighted by atomic mass is 14.3. The number of benzene rings is 2. The van der Waals surface area contributed by atoms with Crippen molar-refractivity contribution in [2.75, 3.05) is 0 Å². The zero-order valence-corrected chi connectivity index (χ0v) is 17.6. The van der Waals surface area contributed by atoms with Crippen LogP contribution in [-0.4, -0.2) is 0 Å². The molecular weight excluding hydrogens is 324 g/mol. The Labute approximate surface area is 165 Å². The van der Waals surface area contributed by atoms with Gasteiger partial charge < -0.3 is 0 Å². The molecule has 27 heavy (non-hydrogen) atoms. The summed E-state index contributed by atoms with van der Waals surface area (Å²) in [6.45, 7) is 9.36. The minimum Gasteiger partial charge on any atom is -0.0646 e. The van der Waals surface area contributed by atoms with Crippen molar-refractivity contribution in [3.05, 3.63) is 64.7 Å². The van der Waals surface area contributed by atoms with Gasteiger partial charge in [-0.15, -0.1) is 0 Å². The second-order valence-corrected chi connectivity index (χ2v) is 10.2. The van der Waals surface area contributed by atoms with E-state index in [9.17, 15) is 0 Å². The molecule has 0 spiro atoms. The lowest BCUT2D eigenvalue weighted by molar-refractivity contribution is 0.214. The van der Waals surface area contributed by atoms with Crippen LogP contribution >= 0.6 is 0 Å². The van der Waals surface area contributed by atoms with Crippen molar-refractivity contribution in [1.82, 2.24) is 0 Å². The van der Waals surface area contributed by atoms with Gasteiger partial charge in [0.1, 0.15) is 0 Å². The molecule has 2 aromatic rings. The van der Waals surface area contributed by atoms with Gasteiger partial charge in [-0.25, -0.2) is 0 Å². The molecule has 0 nitrogen and oxygen atoms in total. The predicted octanol–water partition coefficient (Wildman–Crippen LogP) is 7.95. The number of fused-ring (bicyclic) bond motifs is 1. The van der Waals surface area contributed by atoms with Crippen LogP contribution < -0.4 is 0 Å². The fourth-order valence-electron chi connectivity index (χ4n) is 5.10. The van der Waals surface area contributed by atoms with E-state index in [4.69, 9.17) is 0 Å². The summed E-state index contributed by atoms with van der Waals surface area (Å²) in [4.78, 5) is 0. The zero-order chi connectivity index (χ0) is 19.1. The fourth-order valence-corrected chi connectivity index (χ4v) is 5.10. The van der Waals surface area contributed by atoms with Gasteiger partial charge in [0.2, 0.25) is 0 Å². The van der Waals surface area contributed by atoms with E-state index in [0.29, 0.717) is 5.41 Å². The van der Waals surface area contributed by atoms with E-state index in [1.54, 1.807) is 5.57 Å². The van der Waals surface area contributed by atoms with E-state index in [1.165, 1.54) is 66.3 Å². The summed E-state index contributed by atoms with van der Waals surface area (Å²) in [6.07, 6.45) is 12.0. The van der Waals surface area contributed by atoms with Crippen LogP contribution in [0.4, 0.5) is 0 Å². The molecule has 4 rings (SSSR count). The predicted molar refractivity (Wildman–Crippen MR) is 118 cm³/mol. The van der Waals surface area contributed by atoms with Crippen LogP contribution in [0.15, 0.2) is 48.0 Å². The van der Waals surface area contributed by atoms with Gasteiger partial charge >= 0.3 is 0 Å². The summed E-state index contributed by atoms with van der Waals surface area (Å²) in [5, 5.41) is 0. The van der Waals surface area contributed by atoms with Gasteiger partial charge in [0, 0.05) is 0 Å². The standard InChI is InChI=1S/C27H34/c1-26(2,3)23-13-11-21(12-14-23)24-10-8-9-22-17-20(18-25(22)24)19-27(4)15-6-5-7-16-27/h8-14,17H,5-7,15-16,18-19H2,1-4H3. The van der Waals surface area contributed by atoms with Crippen molar-refractivity contribution in [3.8, 4) is 11.1 Å². The van der Waals surface area contributed by atoms with Gasteiger partial charge in [0.05, 0.1) is 0 Å². The first-order valence-electron chi connectivity index (χ1n) is 10.8. The molecule has 0 aliphatic heterocycles. The quantitative estimate of drug-likeness (QED) is 0.522. The van der Waals surface area contributed by atoms with Gasteiger partial charge in [-0.2, -0.15) is 0 Å². The molecule has 0 aromatic heterocycles. The second-order valence-electron chi connectivity index (χ2n) is 10.2. The van der Waals surface area contributed by atoms with Crippen molar-refractivity contribution in [1.29, 1.82) is 0 Å². The molecule has 0 heteroatoms. The van der Waals surface area contributed by atoms with Crippen LogP contribution in [0.3, 0.4) is 0 Å². The molecular formula is C27H34. The number of hydrogen-bond acceptors (Lipinski definition) is 0. The lowest BCUT2D eigenvalue weighted by atomic mass is 9.71. The maximum Gasteiger partial charge on any atom is -0.00515 e. The molecule has 2 aromatic carbocycles. The van der Waals surface area contributed by atoms with Gasteiger partial charge in [0.25, 0.3) is 0 Å². The summed E-state index contributed by atoms with van der Waals surface area (Å²) in [5.74, 6) is 0. The maximum atomic E-state index is 2.52. The number of hydrogen-bond donors (Lipinski definition) is 0. The van der Waals surface area contributed by atoms with Gasteiger partial charge in [-0.1, -0.05) is 101 Å². The Morgan fingerprint density at radius 1 is 0.889 bits per heavy atom. The Balaban J connectivity index is 1.57. The van der Waals surface area contributed by atoms with Gasteiger partial charge in [-0.05, 0) is 64.3 Å². The van der Waals surface area contributed by atoms with E-state index in [2.05, 4.69) is 76.2 Å². The molecule has 2 aliphatic rings. The average Bonchev–Trinajstić information content (AvgIpc) is 3.03. The van der Waals surface area contributed by atoms with Crippen LogP contribution in [0.1, 0.15) is 82.9 Å². The van der Waals surface area contributed by atoms with Crippen LogP contribution in [0.25, 0.3) is 17.2 Å². The molecule has 142 valence electrons. The highest BCUT2D eigenvalue weighted by Gasteiger charge is 2.29. The number of allylic oxidation sites excluding steroid dienone is 1. The minimum absolute atomic E-state index is 0.210. The van der Waals surface area contributed by atoms with Crippen molar-refractivity contribution in [3.63, 3.8) is 0 Å². The van der Waals surface area contributed by atoms with E-state index in [-0.39, 0.29) is 5.41 Å². The molecule has 0 radical (unpaired) electrons. The summed E-state index contributed by atoms with van der Waals surface area (Å²) >= 11 is 0. The Kier molecular flexibility index (Phi) is 4.78. The summed E-state index contributed by atoms with van der Waals surface area (Å²) < 4.78 is 0. The Bertz CT molecular complexity index is 837. The third kappa shape index (κ3) is 3.91. The molecule has 2 aliphatic carbocycles.